The molecule has 2 aromatic carbocycles. The summed E-state index contributed by atoms with van der Waals surface area (Å²) in [7, 11) is 0. The number of carbonyl (C=O) groups is 2. The summed E-state index contributed by atoms with van der Waals surface area (Å²) in [5, 5.41) is 3.05. The molecule has 3 rings (SSSR count). The van der Waals surface area contributed by atoms with Crippen molar-refractivity contribution in [2.45, 2.75) is 6.92 Å². The van der Waals surface area contributed by atoms with E-state index in [9.17, 15) is 9.59 Å². The minimum Gasteiger partial charge on any atom is -0.489 e. The van der Waals surface area contributed by atoms with Crippen LogP contribution < -0.4 is 15.0 Å². The topological polar surface area (TPSA) is 58.6 Å². The van der Waals surface area contributed by atoms with Gasteiger partial charge in [0, 0.05) is 15.1 Å². The average Bonchev–Trinajstić information content (AvgIpc) is 2.67. The minimum atomic E-state index is -0.580. The number of hydrogen-bond acceptors (Lipinski definition) is 4. The van der Waals surface area contributed by atoms with E-state index in [4.69, 9.17) is 28.6 Å². The number of anilines is 1. The Morgan fingerprint density at radius 3 is 2.72 bits per heavy atom. The molecule has 0 bridgehead atoms. The third-order valence-electron chi connectivity index (χ3n) is 4.14. The largest absolute Gasteiger partial charge is 0.489 e. The van der Waals surface area contributed by atoms with Crippen molar-refractivity contribution in [3.05, 3.63) is 75.2 Å². The first-order chi connectivity index (χ1) is 13.8. The maximum atomic E-state index is 13.2. The first-order valence-corrected chi connectivity index (χ1v) is 10.1. The van der Waals surface area contributed by atoms with Gasteiger partial charge < -0.3 is 4.74 Å². The Kier molecular flexibility index (Phi) is 6.52. The van der Waals surface area contributed by atoms with Crippen LogP contribution in [0.4, 0.5) is 5.69 Å². The summed E-state index contributed by atoms with van der Waals surface area (Å²) in [6.07, 6.45) is 3.09. The number of rotatable bonds is 5. The first kappa shape index (κ1) is 21.2. The number of halogens is 2. The van der Waals surface area contributed by atoms with Crippen LogP contribution in [0, 0.1) is 6.92 Å². The first-order valence-electron chi connectivity index (χ1n) is 8.52. The van der Waals surface area contributed by atoms with E-state index >= 15 is 0 Å². The molecular formula is C21H16BrClN2O3S. The molecule has 1 heterocycles. The molecular weight excluding hydrogens is 476 g/mol. The van der Waals surface area contributed by atoms with Gasteiger partial charge in [0.05, 0.1) is 5.69 Å². The summed E-state index contributed by atoms with van der Waals surface area (Å²) < 4.78 is 6.41. The molecule has 0 atom stereocenters. The number of hydrogen-bond donors (Lipinski definition) is 1. The fourth-order valence-electron chi connectivity index (χ4n) is 2.68. The Morgan fingerprint density at radius 1 is 1.28 bits per heavy atom. The number of amides is 2. The molecule has 0 saturated carbocycles. The van der Waals surface area contributed by atoms with E-state index in [0.29, 0.717) is 22.0 Å². The van der Waals surface area contributed by atoms with Crippen LogP contribution in [0.3, 0.4) is 0 Å². The maximum Gasteiger partial charge on any atom is 0.270 e. The molecule has 1 aliphatic rings. The molecule has 148 valence electrons. The summed E-state index contributed by atoms with van der Waals surface area (Å²) in [6, 6.07) is 10.4. The second-order valence-electron chi connectivity index (χ2n) is 6.17. The van der Waals surface area contributed by atoms with Crippen LogP contribution in [-0.2, 0) is 9.59 Å². The second kappa shape index (κ2) is 8.90. The monoisotopic (exact) mass is 490 g/mol. The third-order valence-corrected chi connectivity index (χ3v) is 5.33. The van der Waals surface area contributed by atoms with E-state index in [1.807, 2.05) is 6.92 Å². The minimum absolute atomic E-state index is 0.00515. The van der Waals surface area contributed by atoms with Crippen LogP contribution in [0.5, 0.6) is 5.75 Å². The zero-order chi connectivity index (χ0) is 21.1. The molecule has 8 heteroatoms. The van der Waals surface area contributed by atoms with Gasteiger partial charge in [-0.25, -0.2) is 0 Å². The molecule has 0 aromatic heterocycles. The number of aryl methyl sites for hydroxylation is 1. The third kappa shape index (κ3) is 4.58. The Bertz CT molecular complexity index is 1070. The highest BCUT2D eigenvalue weighted by atomic mass is 79.9. The molecule has 5 nitrogen and oxygen atoms in total. The van der Waals surface area contributed by atoms with Crippen molar-refractivity contribution in [2.24, 2.45) is 0 Å². The van der Waals surface area contributed by atoms with Crippen molar-refractivity contribution >= 4 is 68.4 Å². The lowest BCUT2D eigenvalue weighted by atomic mass is 10.1. The summed E-state index contributed by atoms with van der Waals surface area (Å²) in [6.45, 7) is 5.77. The van der Waals surface area contributed by atoms with Gasteiger partial charge in [-0.15, -0.1) is 0 Å². The van der Waals surface area contributed by atoms with Gasteiger partial charge in [0.2, 0.25) is 0 Å². The van der Waals surface area contributed by atoms with Gasteiger partial charge in [-0.05, 0) is 61.1 Å². The standard InChI is InChI=1S/C21H16BrClN2O3S/c1-3-8-28-18-7-5-14(22)9-13(18)10-16-19(26)24-21(29)25(20(16)27)15-6-4-12(2)17(23)11-15/h3-7,9-11H,1,8H2,2H3,(H,24,26,29)/b16-10+. The Morgan fingerprint density at radius 2 is 2.03 bits per heavy atom. The fraction of sp³-hybridized carbons (Fsp3) is 0.0952. The predicted octanol–water partition coefficient (Wildman–Crippen LogP) is 4.81. The summed E-state index contributed by atoms with van der Waals surface area (Å²) in [5.41, 5.74) is 1.83. The zero-order valence-corrected chi connectivity index (χ0v) is 18.5. The Labute approximate surface area is 187 Å². The molecule has 0 spiro atoms. The lowest BCUT2D eigenvalue weighted by Crippen LogP contribution is -2.54. The van der Waals surface area contributed by atoms with Gasteiger partial charge in [-0.3, -0.25) is 19.8 Å². The number of carbonyl (C=O) groups excluding carboxylic acids is 2. The van der Waals surface area contributed by atoms with Crippen LogP contribution in [0.25, 0.3) is 6.08 Å². The van der Waals surface area contributed by atoms with Gasteiger partial charge in [0.25, 0.3) is 11.8 Å². The maximum absolute atomic E-state index is 13.2. The van der Waals surface area contributed by atoms with E-state index in [-0.39, 0.29) is 17.3 Å². The molecule has 1 N–H and O–H groups in total. The normalized spacial score (nSPS) is 15.5. The second-order valence-corrected chi connectivity index (χ2v) is 7.88. The lowest BCUT2D eigenvalue weighted by Gasteiger charge is -2.29. The van der Waals surface area contributed by atoms with Gasteiger partial charge in [0.1, 0.15) is 17.9 Å². The van der Waals surface area contributed by atoms with Crippen molar-refractivity contribution in [3.63, 3.8) is 0 Å². The molecule has 2 amide bonds. The van der Waals surface area contributed by atoms with Crippen molar-refractivity contribution < 1.29 is 14.3 Å². The van der Waals surface area contributed by atoms with Crippen molar-refractivity contribution in [3.8, 4) is 5.75 Å². The van der Waals surface area contributed by atoms with Crippen LogP contribution in [0.2, 0.25) is 5.02 Å². The SMILES string of the molecule is C=CCOc1ccc(Br)cc1/C=C1\C(=O)NC(=S)N(c2ccc(C)c(Cl)c2)C1=O. The molecule has 2 aromatic rings. The molecule has 0 aliphatic carbocycles. The van der Waals surface area contributed by atoms with Crippen LogP contribution in [0.1, 0.15) is 11.1 Å². The van der Waals surface area contributed by atoms with Crippen molar-refractivity contribution in [1.82, 2.24) is 5.32 Å². The lowest BCUT2D eigenvalue weighted by molar-refractivity contribution is -0.122. The average molecular weight is 492 g/mol. The number of nitrogens with one attached hydrogen (secondary N) is 1. The predicted molar refractivity (Wildman–Crippen MR) is 122 cm³/mol. The molecule has 0 radical (unpaired) electrons. The van der Waals surface area contributed by atoms with Crippen LogP contribution in [0.15, 0.2) is 59.1 Å². The smallest absolute Gasteiger partial charge is 0.270 e. The van der Waals surface area contributed by atoms with Gasteiger partial charge >= 0.3 is 0 Å². The van der Waals surface area contributed by atoms with Crippen LogP contribution >= 0.6 is 39.7 Å². The molecule has 1 aliphatic heterocycles. The van der Waals surface area contributed by atoms with E-state index in [1.165, 1.54) is 11.0 Å². The van der Waals surface area contributed by atoms with E-state index in [2.05, 4.69) is 27.8 Å². The fourth-order valence-corrected chi connectivity index (χ4v) is 3.52. The highest BCUT2D eigenvalue weighted by Gasteiger charge is 2.34. The van der Waals surface area contributed by atoms with E-state index < -0.39 is 11.8 Å². The zero-order valence-electron chi connectivity index (χ0n) is 15.4. The molecule has 29 heavy (non-hydrogen) atoms. The van der Waals surface area contributed by atoms with E-state index in [0.717, 1.165) is 10.0 Å². The van der Waals surface area contributed by atoms with Crippen LogP contribution in [-0.4, -0.2) is 23.5 Å². The number of benzene rings is 2. The van der Waals surface area contributed by atoms with Crippen molar-refractivity contribution in [1.29, 1.82) is 0 Å². The Balaban J connectivity index is 2.05. The number of nitrogens with zero attached hydrogens (tertiary/aromatic N) is 1. The molecule has 1 saturated heterocycles. The van der Waals surface area contributed by atoms with E-state index in [1.54, 1.807) is 42.5 Å². The van der Waals surface area contributed by atoms with Gasteiger partial charge in [-0.1, -0.05) is 46.3 Å². The molecule has 1 fully saturated rings. The van der Waals surface area contributed by atoms with Gasteiger partial charge in [-0.2, -0.15) is 0 Å². The highest BCUT2D eigenvalue weighted by Crippen LogP contribution is 2.29. The summed E-state index contributed by atoms with van der Waals surface area (Å²) in [5.74, 6) is -0.614. The molecule has 0 unspecified atom stereocenters. The Hall–Kier alpha value is -2.48. The quantitative estimate of drug-likeness (QED) is 0.282. The highest BCUT2D eigenvalue weighted by molar-refractivity contribution is 9.10. The van der Waals surface area contributed by atoms with Gasteiger partial charge in [0.15, 0.2) is 5.11 Å². The van der Waals surface area contributed by atoms with Crippen molar-refractivity contribution in [2.75, 3.05) is 11.5 Å². The summed E-state index contributed by atoms with van der Waals surface area (Å²) >= 11 is 14.8. The number of thiocarbonyl (C=S) groups is 1. The number of ether oxygens (including phenoxy) is 1. The summed E-state index contributed by atoms with van der Waals surface area (Å²) in [4.78, 5) is 26.9.